The summed E-state index contributed by atoms with van der Waals surface area (Å²) in [5, 5.41) is 9.08. The number of aromatic nitrogens is 2. The average molecular weight is 272 g/mol. The van der Waals surface area contributed by atoms with Gasteiger partial charge in [-0.3, -0.25) is 0 Å². The van der Waals surface area contributed by atoms with Crippen molar-refractivity contribution in [2.24, 2.45) is 11.3 Å². The number of rotatable bonds is 1. The fourth-order valence-corrected chi connectivity index (χ4v) is 4.57. The third-order valence-electron chi connectivity index (χ3n) is 4.71. The predicted octanol–water partition coefficient (Wildman–Crippen LogP) is 2.20. The van der Waals surface area contributed by atoms with Crippen molar-refractivity contribution in [2.45, 2.75) is 25.3 Å². The number of nitrogens with zero attached hydrogens (tertiary/aromatic N) is 3. The lowest BCUT2D eigenvalue weighted by atomic mass is 9.62. The summed E-state index contributed by atoms with van der Waals surface area (Å²) < 4.78 is 6.22. The first-order valence-corrected chi connectivity index (χ1v) is 7.31. The molecule has 4 nitrogen and oxygen atoms in total. The molecule has 17 heavy (non-hydrogen) atoms. The Morgan fingerprint density at radius 2 is 2.24 bits per heavy atom. The first-order chi connectivity index (χ1) is 8.28. The molecule has 1 spiro atoms. The van der Waals surface area contributed by atoms with Gasteiger partial charge in [0.2, 0.25) is 9.60 Å². The lowest BCUT2D eigenvalue weighted by Crippen LogP contribution is -2.38. The molecule has 0 radical (unpaired) electrons. The van der Waals surface area contributed by atoms with Gasteiger partial charge in [0.05, 0.1) is 19.3 Å². The molecule has 1 aromatic heterocycles. The monoisotopic (exact) mass is 271 g/mol. The van der Waals surface area contributed by atoms with E-state index < -0.39 is 0 Å². The highest BCUT2D eigenvalue weighted by molar-refractivity contribution is 7.19. The molecule has 2 atom stereocenters. The van der Waals surface area contributed by atoms with Gasteiger partial charge in [0, 0.05) is 12.5 Å². The highest BCUT2D eigenvalue weighted by Gasteiger charge is 2.57. The van der Waals surface area contributed by atoms with E-state index in [0.29, 0.717) is 21.8 Å². The highest BCUT2D eigenvalue weighted by Crippen LogP contribution is 2.56. The van der Waals surface area contributed by atoms with Crippen molar-refractivity contribution >= 4 is 28.1 Å². The smallest absolute Gasteiger partial charge is 0.209 e. The number of anilines is 1. The molecule has 2 aliphatic heterocycles. The average Bonchev–Trinajstić information content (AvgIpc) is 2.88. The molecule has 0 bridgehead atoms. The molecule has 1 saturated carbocycles. The second-order valence-electron chi connectivity index (χ2n) is 5.39. The molecule has 0 N–H and O–H groups in total. The van der Waals surface area contributed by atoms with Crippen LogP contribution in [0, 0.1) is 11.3 Å². The Bertz CT molecular complexity index is 448. The van der Waals surface area contributed by atoms with Crippen molar-refractivity contribution in [3.05, 3.63) is 4.47 Å². The zero-order valence-corrected chi connectivity index (χ0v) is 11.0. The van der Waals surface area contributed by atoms with Crippen molar-refractivity contribution in [3.63, 3.8) is 0 Å². The molecular weight excluding hydrogens is 258 g/mol. The molecule has 2 saturated heterocycles. The van der Waals surface area contributed by atoms with Crippen LogP contribution in [0.15, 0.2) is 0 Å². The lowest BCUT2D eigenvalue weighted by molar-refractivity contribution is 0.0672. The number of fused-ring (bicyclic) bond motifs is 2. The van der Waals surface area contributed by atoms with E-state index in [9.17, 15) is 0 Å². The van der Waals surface area contributed by atoms with Crippen LogP contribution in [0.25, 0.3) is 0 Å². The second kappa shape index (κ2) is 3.56. The first kappa shape index (κ1) is 10.5. The molecule has 1 aliphatic carbocycles. The first-order valence-electron chi connectivity index (χ1n) is 6.12. The molecule has 6 heteroatoms. The maximum Gasteiger partial charge on any atom is 0.209 e. The molecule has 92 valence electrons. The Morgan fingerprint density at radius 1 is 1.35 bits per heavy atom. The summed E-state index contributed by atoms with van der Waals surface area (Å²) in [5.74, 6) is 0.693. The Hall–Kier alpha value is -0.390. The van der Waals surface area contributed by atoms with Crippen LogP contribution in [-0.2, 0) is 4.74 Å². The van der Waals surface area contributed by atoms with E-state index >= 15 is 0 Å². The second-order valence-corrected chi connectivity index (χ2v) is 6.93. The van der Waals surface area contributed by atoms with Crippen LogP contribution in [0.5, 0.6) is 0 Å². The minimum Gasteiger partial charge on any atom is -0.379 e. The topological polar surface area (TPSA) is 38.2 Å². The normalized spacial score (nSPS) is 34.1. The molecule has 0 unspecified atom stereocenters. The van der Waals surface area contributed by atoms with Gasteiger partial charge in [0.15, 0.2) is 0 Å². The number of ether oxygens (including phenoxy) is 1. The van der Waals surface area contributed by atoms with E-state index in [0.717, 1.165) is 24.9 Å². The van der Waals surface area contributed by atoms with Crippen molar-refractivity contribution in [2.75, 3.05) is 24.7 Å². The van der Waals surface area contributed by atoms with Gasteiger partial charge in [0.25, 0.3) is 0 Å². The lowest BCUT2D eigenvalue weighted by Gasteiger charge is -2.41. The molecule has 3 fully saturated rings. The van der Waals surface area contributed by atoms with Crippen LogP contribution in [0.4, 0.5) is 5.13 Å². The third-order valence-corrected chi connectivity index (χ3v) is 5.76. The zero-order valence-electron chi connectivity index (χ0n) is 9.43. The van der Waals surface area contributed by atoms with E-state index in [1.165, 1.54) is 30.6 Å². The molecule has 3 heterocycles. The SMILES string of the molecule is Clc1nnc(N2CC3(CCC3)[C@@H]3COC[C@@H]32)s1. The largest absolute Gasteiger partial charge is 0.379 e. The summed E-state index contributed by atoms with van der Waals surface area (Å²) >= 11 is 7.37. The summed E-state index contributed by atoms with van der Waals surface area (Å²) in [7, 11) is 0. The van der Waals surface area contributed by atoms with E-state index in [1.54, 1.807) is 0 Å². The van der Waals surface area contributed by atoms with E-state index in [2.05, 4.69) is 15.1 Å². The van der Waals surface area contributed by atoms with Crippen LogP contribution in [0.3, 0.4) is 0 Å². The maximum atomic E-state index is 5.89. The van der Waals surface area contributed by atoms with Gasteiger partial charge in [-0.15, -0.1) is 10.2 Å². The number of hydrogen-bond donors (Lipinski definition) is 0. The fraction of sp³-hybridized carbons (Fsp3) is 0.818. The van der Waals surface area contributed by atoms with Crippen LogP contribution in [0.2, 0.25) is 4.47 Å². The van der Waals surface area contributed by atoms with E-state index in [4.69, 9.17) is 16.3 Å². The summed E-state index contributed by atoms with van der Waals surface area (Å²) in [6.45, 7) is 2.88. The quantitative estimate of drug-likeness (QED) is 0.785. The Labute approximate surface area is 109 Å². The fourth-order valence-electron chi connectivity index (χ4n) is 3.69. The van der Waals surface area contributed by atoms with Gasteiger partial charge < -0.3 is 9.64 Å². The minimum atomic E-state index is 0.499. The van der Waals surface area contributed by atoms with E-state index in [-0.39, 0.29) is 0 Å². The van der Waals surface area contributed by atoms with Crippen molar-refractivity contribution in [1.29, 1.82) is 0 Å². The van der Waals surface area contributed by atoms with Crippen LogP contribution >= 0.6 is 22.9 Å². The standard InChI is InChI=1S/C11H14ClN3OS/c12-9-13-14-10(17-9)15-6-11(2-1-3-11)7-4-16-5-8(7)15/h7-8H,1-6H2/t7-,8+/m1/s1. The molecule has 0 aromatic carbocycles. The van der Waals surface area contributed by atoms with Gasteiger partial charge in [0.1, 0.15) is 0 Å². The van der Waals surface area contributed by atoms with E-state index in [1.807, 2.05) is 0 Å². The summed E-state index contributed by atoms with van der Waals surface area (Å²) in [4.78, 5) is 2.39. The van der Waals surface area contributed by atoms with Crippen molar-refractivity contribution < 1.29 is 4.74 Å². The number of halogens is 1. The summed E-state index contributed by atoms with van der Waals surface area (Å²) in [6, 6.07) is 0.499. The third kappa shape index (κ3) is 1.39. The van der Waals surface area contributed by atoms with Gasteiger partial charge in [-0.05, 0) is 29.9 Å². The van der Waals surface area contributed by atoms with Gasteiger partial charge >= 0.3 is 0 Å². The Kier molecular flexibility index (Phi) is 2.20. The molecule has 0 amide bonds. The summed E-state index contributed by atoms with van der Waals surface area (Å²) in [5.41, 5.74) is 0.499. The number of hydrogen-bond acceptors (Lipinski definition) is 5. The van der Waals surface area contributed by atoms with Gasteiger partial charge in [-0.1, -0.05) is 17.8 Å². The predicted molar refractivity (Wildman–Crippen MR) is 66.6 cm³/mol. The van der Waals surface area contributed by atoms with Crippen LogP contribution in [-0.4, -0.2) is 36.0 Å². The van der Waals surface area contributed by atoms with Gasteiger partial charge in [-0.2, -0.15) is 0 Å². The van der Waals surface area contributed by atoms with Crippen molar-refractivity contribution in [3.8, 4) is 0 Å². The Balaban J connectivity index is 1.68. The zero-order chi connectivity index (χ0) is 11.5. The maximum absolute atomic E-state index is 5.89. The molecule has 3 aliphatic rings. The molecule has 1 aromatic rings. The Morgan fingerprint density at radius 3 is 2.88 bits per heavy atom. The summed E-state index contributed by atoms with van der Waals surface area (Å²) in [6.07, 6.45) is 4.06. The van der Waals surface area contributed by atoms with Crippen LogP contribution in [0.1, 0.15) is 19.3 Å². The van der Waals surface area contributed by atoms with Crippen LogP contribution < -0.4 is 4.90 Å². The molecular formula is C11H14ClN3OS. The highest BCUT2D eigenvalue weighted by atomic mass is 35.5. The van der Waals surface area contributed by atoms with Gasteiger partial charge in [-0.25, -0.2) is 0 Å². The minimum absolute atomic E-state index is 0.499. The van der Waals surface area contributed by atoms with Crippen molar-refractivity contribution in [1.82, 2.24) is 10.2 Å². The molecule has 4 rings (SSSR count).